The van der Waals surface area contributed by atoms with E-state index in [1.807, 2.05) is 24.3 Å². The summed E-state index contributed by atoms with van der Waals surface area (Å²) in [5.74, 6) is 1.15. The zero-order chi connectivity index (χ0) is 14.5. The van der Waals surface area contributed by atoms with Gasteiger partial charge in [0.05, 0.1) is 7.11 Å². The molecule has 106 valence electrons. The summed E-state index contributed by atoms with van der Waals surface area (Å²) in [6.07, 6.45) is 1.95. The van der Waals surface area contributed by atoms with E-state index in [2.05, 4.69) is 6.92 Å². The van der Waals surface area contributed by atoms with Crippen LogP contribution in [-0.2, 0) is 0 Å². The Morgan fingerprint density at radius 2 is 1.75 bits per heavy atom. The van der Waals surface area contributed by atoms with Gasteiger partial charge in [-0.2, -0.15) is 0 Å². The van der Waals surface area contributed by atoms with Crippen molar-refractivity contribution >= 4 is 0 Å². The lowest BCUT2D eigenvalue weighted by atomic mass is 9.87. The summed E-state index contributed by atoms with van der Waals surface area (Å²) in [6.45, 7) is 2.12. The first-order valence-electron chi connectivity index (χ1n) is 6.81. The molecule has 2 aromatic rings. The lowest BCUT2D eigenvalue weighted by Gasteiger charge is -2.19. The molecule has 0 radical (unpaired) electrons. The third-order valence-corrected chi connectivity index (χ3v) is 3.48. The first-order valence-corrected chi connectivity index (χ1v) is 6.81. The highest BCUT2D eigenvalue weighted by atomic mass is 16.5. The van der Waals surface area contributed by atoms with E-state index in [1.165, 1.54) is 6.07 Å². The summed E-state index contributed by atoms with van der Waals surface area (Å²) < 4.78 is 5.17. The van der Waals surface area contributed by atoms with E-state index in [-0.39, 0.29) is 17.4 Å². The molecule has 1 unspecified atom stereocenters. The number of methoxy groups -OCH3 is 1. The second-order valence-corrected chi connectivity index (χ2v) is 4.86. The first-order chi connectivity index (χ1) is 9.65. The van der Waals surface area contributed by atoms with Crippen LogP contribution in [0.2, 0.25) is 0 Å². The summed E-state index contributed by atoms with van der Waals surface area (Å²) in [7, 11) is 1.64. The van der Waals surface area contributed by atoms with Gasteiger partial charge in [0, 0.05) is 17.5 Å². The number of ether oxygens (including phenoxy) is 1. The van der Waals surface area contributed by atoms with E-state index in [9.17, 15) is 10.2 Å². The molecule has 0 aliphatic carbocycles. The van der Waals surface area contributed by atoms with Gasteiger partial charge in [-0.3, -0.25) is 0 Å². The molecule has 3 nitrogen and oxygen atoms in total. The molecule has 0 spiro atoms. The van der Waals surface area contributed by atoms with Gasteiger partial charge in [0.2, 0.25) is 0 Å². The van der Waals surface area contributed by atoms with Gasteiger partial charge in [0.15, 0.2) is 0 Å². The van der Waals surface area contributed by atoms with Crippen molar-refractivity contribution in [3.8, 4) is 17.2 Å². The standard InChI is InChI=1S/C17H20O3/c1-3-4-15(12-5-8-14(20-2)9-6-12)16-10-7-13(18)11-17(16)19/h5-11,15,18-19H,3-4H2,1-2H3. The number of hydrogen-bond donors (Lipinski definition) is 2. The normalized spacial score (nSPS) is 12.1. The van der Waals surface area contributed by atoms with Crippen LogP contribution in [0, 0.1) is 0 Å². The van der Waals surface area contributed by atoms with E-state index in [0.29, 0.717) is 0 Å². The maximum absolute atomic E-state index is 10.1. The average molecular weight is 272 g/mol. The lowest BCUT2D eigenvalue weighted by molar-refractivity contribution is 0.414. The Hall–Kier alpha value is -2.16. The second kappa shape index (κ2) is 6.33. The Bertz CT molecular complexity index is 561. The summed E-state index contributed by atoms with van der Waals surface area (Å²) >= 11 is 0. The molecule has 0 amide bonds. The van der Waals surface area contributed by atoms with Crippen molar-refractivity contribution in [2.45, 2.75) is 25.7 Å². The third-order valence-electron chi connectivity index (χ3n) is 3.48. The van der Waals surface area contributed by atoms with Crippen LogP contribution in [0.3, 0.4) is 0 Å². The van der Waals surface area contributed by atoms with Crippen LogP contribution < -0.4 is 4.74 Å². The van der Waals surface area contributed by atoms with Gasteiger partial charge in [-0.25, -0.2) is 0 Å². The smallest absolute Gasteiger partial charge is 0.123 e. The Balaban J connectivity index is 2.38. The van der Waals surface area contributed by atoms with Crippen LogP contribution in [0.5, 0.6) is 17.2 Å². The predicted octanol–water partition coefficient (Wildman–Crippen LogP) is 4.04. The fraction of sp³-hybridized carbons (Fsp3) is 0.294. The molecule has 0 bridgehead atoms. The summed E-state index contributed by atoms with van der Waals surface area (Å²) in [4.78, 5) is 0. The molecular weight excluding hydrogens is 252 g/mol. The summed E-state index contributed by atoms with van der Waals surface area (Å²) in [5.41, 5.74) is 1.98. The summed E-state index contributed by atoms with van der Waals surface area (Å²) in [5, 5.41) is 19.5. The zero-order valence-electron chi connectivity index (χ0n) is 11.8. The van der Waals surface area contributed by atoms with Crippen LogP contribution in [0.4, 0.5) is 0 Å². The minimum absolute atomic E-state index is 0.0798. The monoisotopic (exact) mass is 272 g/mol. The van der Waals surface area contributed by atoms with Crippen molar-refractivity contribution in [3.63, 3.8) is 0 Å². The quantitative estimate of drug-likeness (QED) is 0.863. The molecular formula is C17H20O3. The Morgan fingerprint density at radius 3 is 2.30 bits per heavy atom. The number of rotatable bonds is 5. The number of phenolic OH excluding ortho intramolecular Hbond substituents is 2. The van der Waals surface area contributed by atoms with Gasteiger partial charge in [0.1, 0.15) is 17.2 Å². The third kappa shape index (κ3) is 3.05. The maximum Gasteiger partial charge on any atom is 0.123 e. The molecule has 20 heavy (non-hydrogen) atoms. The predicted molar refractivity (Wildman–Crippen MR) is 79.5 cm³/mol. The van der Waals surface area contributed by atoms with Crippen molar-refractivity contribution in [2.24, 2.45) is 0 Å². The molecule has 0 aromatic heterocycles. The fourth-order valence-corrected chi connectivity index (χ4v) is 2.45. The van der Waals surface area contributed by atoms with Crippen LogP contribution in [0.15, 0.2) is 42.5 Å². The minimum atomic E-state index is 0.0798. The molecule has 2 aromatic carbocycles. The van der Waals surface area contributed by atoms with Crippen molar-refractivity contribution in [2.75, 3.05) is 7.11 Å². The number of benzene rings is 2. The van der Waals surface area contributed by atoms with Gasteiger partial charge in [0.25, 0.3) is 0 Å². The van der Waals surface area contributed by atoms with E-state index < -0.39 is 0 Å². The van der Waals surface area contributed by atoms with Gasteiger partial charge < -0.3 is 14.9 Å². The molecule has 2 N–H and O–H groups in total. The van der Waals surface area contributed by atoms with Gasteiger partial charge in [-0.15, -0.1) is 0 Å². The van der Waals surface area contributed by atoms with Gasteiger partial charge in [-0.1, -0.05) is 31.5 Å². The molecule has 0 fully saturated rings. The number of hydrogen-bond acceptors (Lipinski definition) is 3. The molecule has 0 saturated heterocycles. The molecule has 0 heterocycles. The number of aromatic hydroxyl groups is 2. The highest BCUT2D eigenvalue weighted by Crippen LogP contribution is 2.36. The lowest BCUT2D eigenvalue weighted by Crippen LogP contribution is -2.01. The Morgan fingerprint density at radius 1 is 1.05 bits per heavy atom. The van der Waals surface area contributed by atoms with Crippen molar-refractivity contribution in [1.29, 1.82) is 0 Å². The Kier molecular flexibility index (Phi) is 4.51. The second-order valence-electron chi connectivity index (χ2n) is 4.86. The Labute approximate surface area is 119 Å². The first kappa shape index (κ1) is 14.3. The van der Waals surface area contributed by atoms with E-state index in [0.717, 1.165) is 29.7 Å². The fourth-order valence-electron chi connectivity index (χ4n) is 2.45. The van der Waals surface area contributed by atoms with E-state index >= 15 is 0 Å². The van der Waals surface area contributed by atoms with Crippen LogP contribution in [0.25, 0.3) is 0 Å². The van der Waals surface area contributed by atoms with Crippen LogP contribution in [-0.4, -0.2) is 17.3 Å². The van der Waals surface area contributed by atoms with Crippen molar-refractivity contribution in [1.82, 2.24) is 0 Å². The number of phenols is 2. The largest absolute Gasteiger partial charge is 0.508 e. The van der Waals surface area contributed by atoms with Crippen molar-refractivity contribution in [3.05, 3.63) is 53.6 Å². The molecule has 3 heteroatoms. The molecule has 1 atom stereocenters. The topological polar surface area (TPSA) is 49.7 Å². The summed E-state index contributed by atoms with van der Waals surface area (Å²) in [6, 6.07) is 12.7. The van der Waals surface area contributed by atoms with Crippen LogP contribution in [0.1, 0.15) is 36.8 Å². The molecule has 2 rings (SSSR count). The highest BCUT2D eigenvalue weighted by molar-refractivity contribution is 5.45. The highest BCUT2D eigenvalue weighted by Gasteiger charge is 2.17. The molecule has 0 aliphatic heterocycles. The van der Waals surface area contributed by atoms with Crippen molar-refractivity contribution < 1.29 is 14.9 Å². The van der Waals surface area contributed by atoms with Crippen LogP contribution >= 0.6 is 0 Å². The van der Waals surface area contributed by atoms with Gasteiger partial charge in [-0.05, 0) is 30.2 Å². The molecule has 0 aliphatic rings. The molecule has 0 saturated carbocycles. The van der Waals surface area contributed by atoms with E-state index in [4.69, 9.17) is 4.74 Å². The maximum atomic E-state index is 10.1. The van der Waals surface area contributed by atoms with E-state index in [1.54, 1.807) is 19.2 Å². The minimum Gasteiger partial charge on any atom is -0.508 e. The van der Waals surface area contributed by atoms with Gasteiger partial charge >= 0.3 is 0 Å². The SMILES string of the molecule is CCCC(c1ccc(OC)cc1)c1ccc(O)cc1O. The zero-order valence-corrected chi connectivity index (χ0v) is 11.8. The average Bonchev–Trinajstić information content (AvgIpc) is 2.46.